The van der Waals surface area contributed by atoms with Gasteiger partial charge in [0.25, 0.3) is 11.6 Å². The molecule has 2 aromatic rings. The Bertz CT molecular complexity index is 883. The summed E-state index contributed by atoms with van der Waals surface area (Å²) in [6.07, 6.45) is 0.633. The molecular formula is C19H18N2O7. The van der Waals surface area contributed by atoms with Gasteiger partial charge in [0.15, 0.2) is 18.1 Å². The third-order valence-electron chi connectivity index (χ3n) is 3.99. The van der Waals surface area contributed by atoms with Crippen LogP contribution >= 0.6 is 0 Å². The van der Waals surface area contributed by atoms with Crippen LogP contribution in [0.4, 0.5) is 5.69 Å². The number of hydrogen-bond donors (Lipinski definition) is 1. The zero-order valence-electron chi connectivity index (χ0n) is 14.9. The van der Waals surface area contributed by atoms with Gasteiger partial charge in [0.05, 0.1) is 11.0 Å². The smallest absolute Gasteiger partial charge is 0.345 e. The predicted octanol–water partition coefficient (Wildman–Crippen LogP) is 1.88. The van der Waals surface area contributed by atoms with Crippen molar-refractivity contribution in [3.05, 3.63) is 63.7 Å². The maximum atomic E-state index is 12.3. The topological polar surface area (TPSA) is 117 Å². The molecule has 0 aliphatic carbocycles. The summed E-state index contributed by atoms with van der Waals surface area (Å²) in [6.45, 7) is 0.365. The normalized spacial score (nSPS) is 12.1. The number of carbonyl (C=O) groups is 2. The first-order chi connectivity index (χ1) is 13.5. The molecule has 3 rings (SSSR count). The molecule has 0 saturated heterocycles. The second-order valence-corrected chi connectivity index (χ2v) is 5.93. The molecule has 0 spiro atoms. The minimum Gasteiger partial charge on any atom is -0.486 e. The first kappa shape index (κ1) is 19.2. The molecule has 1 amide bonds. The van der Waals surface area contributed by atoms with E-state index in [9.17, 15) is 19.7 Å². The fourth-order valence-corrected chi connectivity index (χ4v) is 2.64. The van der Waals surface area contributed by atoms with Gasteiger partial charge in [-0.15, -0.1) is 0 Å². The van der Waals surface area contributed by atoms with E-state index in [0.29, 0.717) is 13.0 Å². The molecule has 0 aromatic heterocycles. The average Bonchev–Trinajstić information content (AvgIpc) is 2.71. The van der Waals surface area contributed by atoms with Gasteiger partial charge in [0.2, 0.25) is 0 Å². The summed E-state index contributed by atoms with van der Waals surface area (Å²) >= 11 is 0. The molecule has 146 valence electrons. The molecule has 9 nitrogen and oxygen atoms in total. The number of carbonyl (C=O) groups excluding carboxylic acids is 2. The Morgan fingerprint density at radius 1 is 1.11 bits per heavy atom. The predicted molar refractivity (Wildman–Crippen MR) is 97.5 cm³/mol. The van der Waals surface area contributed by atoms with Crippen molar-refractivity contribution in [2.75, 3.05) is 26.4 Å². The molecule has 1 aliphatic rings. The Morgan fingerprint density at radius 3 is 2.46 bits per heavy atom. The van der Waals surface area contributed by atoms with E-state index in [4.69, 9.17) is 14.2 Å². The number of fused-ring (bicyclic) bond motifs is 1. The summed E-state index contributed by atoms with van der Waals surface area (Å²) in [5.41, 5.74) is 0.289. The third kappa shape index (κ3) is 4.76. The lowest BCUT2D eigenvalue weighted by Gasteiger charge is -2.18. The van der Waals surface area contributed by atoms with E-state index in [1.54, 1.807) is 0 Å². The zero-order valence-corrected chi connectivity index (χ0v) is 14.9. The minimum atomic E-state index is -0.984. The monoisotopic (exact) mass is 386 g/mol. The van der Waals surface area contributed by atoms with Crippen LogP contribution in [0.1, 0.15) is 15.9 Å². The number of nitrogens with zero attached hydrogens (tertiary/aromatic N) is 1. The quantitative estimate of drug-likeness (QED) is 0.439. The van der Waals surface area contributed by atoms with Crippen molar-refractivity contribution in [2.45, 2.75) is 6.42 Å². The Hall–Kier alpha value is -3.62. The highest BCUT2D eigenvalue weighted by Gasteiger charge is 2.27. The first-order valence-electron chi connectivity index (χ1n) is 8.60. The van der Waals surface area contributed by atoms with Crippen molar-refractivity contribution in [3.8, 4) is 11.5 Å². The van der Waals surface area contributed by atoms with Gasteiger partial charge in [-0.1, -0.05) is 30.3 Å². The molecule has 1 heterocycles. The second kappa shape index (κ2) is 8.85. The number of amides is 1. The molecule has 28 heavy (non-hydrogen) atoms. The SMILES string of the molecule is O=C(COC(=O)c1cc2c(cc1[N+](=O)[O-])OCCO2)NCCc1ccccc1. The maximum Gasteiger partial charge on any atom is 0.345 e. The lowest BCUT2D eigenvalue weighted by Crippen LogP contribution is -2.30. The van der Waals surface area contributed by atoms with Crippen LogP contribution in [-0.2, 0) is 16.0 Å². The average molecular weight is 386 g/mol. The molecule has 2 aromatic carbocycles. The molecule has 0 saturated carbocycles. The van der Waals surface area contributed by atoms with Crippen LogP contribution in [-0.4, -0.2) is 43.2 Å². The highest BCUT2D eigenvalue weighted by atomic mass is 16.6. The van der Waals surface area contributed by atoms with Crippen LogP contribution < -0.4 is 14.8 Å². The van der Waals surface area contributed by atoms with Gasteiger partial charge >= 0.3 is 5.97 Å². The number of benzene rings is 2. The minimum absolute atomic E-state index is 0.188. The highest BCUT2D eigenvalue weighted by Crippen LogP contribution is 2.36. The van der Waals surface area contributed by atoms with Crippen LogP contribution in [0, 0.1) is 10.1 Å². The number of nitro benzene ring substituents is 1. The molecular weight excluding hydrogens is 368 g/mol. The fraction of sp³-hybridized carbons (Fsp3) is 0.263. The molecule has 0 atom stereocenters. The molecule has 0 unspecified atom stereocenters. The molecule has 0 radical (unpaired) electrons. The standard InChI is InChI=1S/C19H18N2O7/c22-18(20-7-6-13-4-2-1-3-5-13)12-28-19(23)14-10-16-17(27-9-8-26-16)11-15(14)21(24)25/h1-5,10-11H,6-9,12H2,(H,20,22). The number of hydrogen-bond acceptors (Lipinski definition) is 7. The van der Waals surface area contributed by atoms with E-state index in [2.05, 4.69) is 5.32 Å². The fourth-order valence-electron chi connectivity index (χ4n) is 2.64. The van der Waals surface area contributed by atoms with Gasteiger partial charge < -0.3 is 19.5 Å². The summed E-state index contributed by atoms with van der Waals surface area (Å²) in [5, 5.41) is 13.9. The number of nitro groups is 1. The molecule has 1 aliphatic heterocycles. The summed E-state index contributed by atoms with van der Waals surface area (Å²) in [7, 11) is 0. The van der Waals surface area contributed by atoms with Crippen molar-refractivity contribution < 1.29 is 28.7 Å². The van der Waals surface area contributed by atoms with Crippen LogP contribution in [0.2, 0.25) is 0 Å². The van der Waals surface area contributed by atoms with E-state index in [1.807, 2.05) is 30.3 Å². The molecule has 0 bridgehead atoms. The second-order valence-electron chi connectivity index (χ2n) is 5.93. The Labute approximate surface area is 160 Å². The first-order valence-corrected chi connectivity index (χ1v) is 8.60. The van der Waals surface area contributed by atoms with Gasteiger partial charge in [0, 0.05) is 12.6 Å². The van der Waals surface area contributed by atoms with Crippen molar-refractivity contribution in [3.63, 3.8) is 0 Å². The Balaban J connectivity index is 1.56. The van der Waals surface area contributed by atoms with Crippen molar-refractivity contribution >= 4 is 17.6 Å². The number of ether oxygens (including phenoxy) is 3. The molecule has 0 fully saturated rings. The van der Waals surface area contributed by atoms with Gasteiger partial charge in [-0.2, -0.15) is 0 Å². The molecule has 1 N–H and O–H groups in total. The van der Waals surface area contributed by atoms with Crippen molar-refractivity contribution in [1.82, 2.24) is 5.32 Å². The summed E-state index contributed by atoms with van der Waals surface area (Å²) < 4.78 is 15.5. The van der Waals surface area contributed by atoms with Crippen molar-refractivity contribution in [2.24, 2.45) is 0 Å². The zero-order chi connectivity index (χ0) is 19.9. The Morgan fingerprint density at radius 2 is 1.79 bits per heavy atom. The highest BCUT2D eigenvalue weighted by molar-refractivity contribution is 5.96. The number of esters is 1. The lowest BCUT2D eigenvalue weighted by molar-refractivity contribution is -0.385. The van der Waals surface area contributed by atoms with Crippen LogP contribution in [0.3, 0.4) is 0 Å². The summed E-state index contributed by atoms with van der Waals surface area (Å²) in [6, 6.07) is 11.9. The number of nitrogens with one attached hydrogen (secondary N) is 1. The summed E-state index contributed by atoms with van der Waals surface area (Å²) in [4.78, 5) is 34.6. The van der Waals surface area contributed by atoms with Crippen LogP contribution in [0.5, 0.6) is 11.5 Å². The third-order valence-corrected chi connectivity index (χ3v) is 3.99. The van der Waals surface area contributed by atoms with Gasteiger partial charge in [-0.3, -0.25) is 14.9 Å². The van der Waals surface area contributed by atoms with E-state index in [1.165, 1.54) is 6.07 Å². The lowest BCUT2D eigenvalue weighted by atomic mass is 10.1. The van der Waals surface area contributed by atoms with E-state index in [-0.39, 0.29) is 30.3 Å². The number of rotatable bonds is 7. The summed E-state index contributed by atoms with van der Waals surface area (Å²) in [5.74, 6) is -1.07. The maximum absolute atomic E-state index is 12.3. The van der Waals surface area contributed by atoms with E-state index < -0.39 is 29.1 Å². The Kier molecular flexibility index (Phi) is 6.05. The molecule has 9 heteroatoms. The van der Waals surface area contributed by atoms with Crippen LogP contribution in [0.15, 0.2) is 42.5 Å². The van der Waals surface area contributed by atoms with Crippen LogP contribution in [0.25, 0.3) is 0 Å². The van der Waals surface area contributed by atoms with Gasteiger partial charge in [0.1, 0.15) is 18.8 Å². The van der Waals surface area contributed by atoms with E-state index in [0.717, 1.165) is 11.6 Å². The largest absolute Gasteiger partial charge is 0.486 e. The van der Waals surface area contributed by atoms with Crippen molar-refractivity contribution in [1.29, 1.82) is 0 Å². The van der Waals surface area contributed by atoms with Gasteiger partial charge in [-0.25, -0.2) is 4.79 Å². The van der Waals surface area contributed by atoms with Gasteiger partial charge in [-0.05, 0) is 12.0 Å². The van der Waals surface area contributed by atoms with E-state index >= 15 is 0 Å².